The van der Waals surface area contributed by atoms with E-state index in [0.29, 0.717) is 6.61 Å². The average Bonchev–Trinajstić information content (AvgIpc) is 2.67. The molecule has 1 saturated carbocycles. The van der Waals surface area contributed by atoms with Crippen LogP contribution in [0.1, 0.15) is 93.7 Å². The van der Waals surface area contributed by atoms with Gasteiger partial charge in [0.15, 0.2) is 6.29 Å². The Bertz CT molecular complexity index is 517. The Kier molecular flexibility index (Phi) is 7.36. The molecule has 0 saturated heterocycles. The predicted molar refractivity (Wildman–Crippen MR) is 104 cm³/mol. The number of hydrogen-bond donors (Lipinski definition) is 0. The largest absolute Gasteiger partial charge is 0.356 e. The first kappa shape index (κ1) is 18.9. The zero-order valence-electron chi connectivity index (χ0n) is 16.3. The summed E-state index contributed by atoms with van der Waals surface area (Å²) in [7, 11) is 1.73. The Hall–Kier alpha value is -0.860. The van der Waals surface area contributed by atoms with E-state index in [1.54, 1.807) is 12.7 Å². The maximum atomic E-state index is 5.76. The first-order valence-corrected chi connectivity index (χ1v) is 10.6. The SMILES string of the molecule is CCCCCCCC1CCC(c2ccc3c(c2)COC(OC)C3)CC1. The first-order chi connectivity index (χ1) is 12.3. The Morgan fingerprint density at radius 3 is 2.56 bits per heavy atom. The maximum absolute atomic E-state index is 5.76. The van der Waals surface area contributed by atoms with Crippen molar-refractivity contribution in [2.75, 3.05) is 7.11 Å². The molecule has 1 aliphatic carbocycles. The molecule has 25 heavy (non-hydrogen) atoms. The molecule has 1 aliphatic heterocycles. The molecule has 0 spiro atoms. The van der Waals surface area contributed by atoms with Crippen LogP contribution in [0.25, 0.3) is 0 Å². The molecule has 0 radical (unpaired) electrons. The standard InChI is InChI=1S/C23H36O2/c1-3-4-5-6-7-8-18-9-11-19(12-10-18)20-13-14-21-16-23(24-2)25-17-22(21)15-20/h13-15,18-19,23H,3-12,16-17H2,1-2H3. The number of hydrogen-bond acceptors (Lipinski definition) is 2. The molecule has 1 fully saturated rings. The molecule has 0 bridgehead atoms. The molecule has 1 aromatic rings. The van der Waals surface area contributed by atoms with E-state index in [2.05, 4.69) is 25.1 Å². The molecule has 1 atom stereocenters. The number of fused-ring (bicyclic) bond motifs is 1. The highest BCUT2D eigenvalue weighted by molar-refractivity contribution is 5.35. The fourth-order valence-electron chi connectivity index (χ4n) is 4.63. The molecule has 0 amide bonds. The highest BCUT2D eigenvalue weighted by Gasteiger charge is 2.24. The first-order valence-electron chi connectivity index (χ1n) is 10.6. The zero-order chi connectivity index (χ0) is 17.5. The molecular formula is C23H36O2. The summed E-state index contributed by atoms with van der Waals surface area (Å²) in [5, 5.41) is 0. The Morgan fingerprint density at radius 1 is 1.00 bits per heavy atom. The van der Waals surface area contributed by atoms with Crippen molar-refractivity contribution in [2.45, 2.75) is 96.4 Å². The number of unbranched alkanes of at least 4 members (excludes halogenated alkanes) is 4. The zero-order valence-corrected chi connectivity index (χ0v) is 16.3. The van der Waals surface area contributed by atoms with Gasteiger partial charge in [-0.3, -0.25) is 0 Å². The van der Waals surface area contributed by atoms with Gasteiger partial charge in [0.2, 0.25) is 0 Å². The van der Waals surface area contributed by atoms with Crippen molar-refractivity contribution in [1.29, 1.82) is 0 Å². The van der Waals surface area contributed by atoms with Gasteiger partial charge in [-0.1, -0.05) is 63.6 Å². The van der Waals surface area contributed by atoms with Gasteiger partial charge in [-0.15, -0.1) is 0 Å². The third kappa shape index (κ3) is 5.31. The van der Waals surface area contributed by atoms with E-state index >= 15 is 0 Å². The van der Waals surface area contributed by atoms with E-state index in [0.717, 1.165) is 18.3 Å². The third-order valence-corrected chi connectivity index (χ3v) is 6.34. The smallest absolute Gasteiger partial charge is 0.161 e. The number of benzene rings is 1. The Labute approximate surface area is 154 Å². The lowest BCUT2D eigenvalue weighted by Crippen LogP contribution is -2.24. The van der Waals surface area contributed by atoms with Crippen molar-refractivity contribution in [1.82, 2.24) is 0 Å². The van der Waals surface area contributed by atoms with E-state index in [4.69, 9.17) is 9.47 Å². The topological polar surface area (TPSA) is 18.5 Å². The minimum atomic E-state index is -0.0638. The van der Waals surface area contributed by atoms with Gasteiger partial charge >= 0.3 is 0 Å². The van der Waals surface area contributed by atoms with E-state index in [9.17, 15) is 0 Å². The second kappa shape index (κ2) is 9.73. The molecule has 1 unspecified atom stereocenters. The van der Waals surface area contributed by atoms with Gasteiger partial charge in [0.1, 0.15) is 0 Å². The maximum Gasteiger partial charge on any atom is 0.161 e. The summed E-state index contributed by atoms with van der Waals surface area (Å²) in [5.41, 5.74) is 4.33. The van der Waals surface area contributed by atoms with Crippen LogP contribution in [0.3, 0.4) is 0 Å². The highest BCUT2D eigenvalue weighted by Crippen LogP contribution is 2.38. The fraction of sp³-hybridized carbons (Fsp3) is 0.739. The van der Waals surface area contributed by atoms with E-state index in [1.807, 2.05) is 0 Å². The molecule has 0 N–H and O–H groups in total. The summed E-state index contributed by atoms with van der Waals surface area (Å²) in [6.45, 7) is 3.00. The van der Waals surface area contributed by atoms with Crippen molar-refractivity contribution < 1.29 is 9.47 Å². The van der Waals surface area contributed by atoms with Gasteiger partial charge in [0.25, 0.3) is 0 Å². The van der Waals surface area contributed by atoms with Gasteiger partial charge in [0, 0.05) is 13.5 Å². The summed E-state index contributed by atoms with van der Waals surface area (Å²) >= 11 is 0. The molecule has 2 aliphatic rings. The monoisotopic (exact) mass is 344 g/mol. The highest BCUT2D eigenvalue weighted by atomic mass is 16.7. The van der Waals surface area contributed by atoms with Crippen LogP contribution in [-0.4, -0.2) is 13.4 Å². The Balaban J connectivity index is 1.45. The van der Waals surface area contributed by atoms with Crippen molar-refractivity contribution in [3.05, 3.63) is 34.9 Å². The van der Waals surface area contributed by atoms with E-state index in [1.165, 1.54) is 75.3 Å². The van der Waals surface area contributed by atoms with Gasteiger partial charge in [-0.25, -0.2) is 0 Å². The van der Waals surface area contributed by atoms with Crippen molar-refractivity contribution >= 4 is 0 Å². The summed E-state index contributed by atoms with van der Waals surface area (Å²) in [4.78, 5) is 0. The summed E-state index contributed by atoms with van der Waals surface area (Å²) < 4.78 is 11.1. The lowest BCUT2D eigenvalue weighted by molar-refractivity contribution is -0.137. The minimum absolute atomic E-state index is 0.0638. The second-order valence-corrected chi connectivity index (χ2v) is 8.13. The van der Waals surface area contributed by atoms with Crippen molar-refractivity contribution in [3.63, 3.8) is 0 Å². The van der Waals surface area contributed by atoms with Crippen LogP contribution in [0.4, 0.5) is 0 Å². The second-order valence-electron chi connectivity index (χ2n) is 8.13. The van der Waals surface area contributed by atoms with Crippen LogP contribution in [0.2, 0.25) is 0 Å². The predicted octanol–water partition coefficient (Wildman–Crippen LogP) is 6.37. The quantitative estimate of drug-likeness (QED) is 0.510. The average molecular weight is 345 g/mol. The number of ether oxygens (including phenoxy) is 2. The minimum Gasteiger partial charge on any atom is -0.356 e. The van der Waals surface area contributed by atoms with Crippen molar-refractivity contribution in [2.24, 2.45) is 5.92 Å². The Morgan fingerprint density at radius 2 is 1.80 bits per heavy atom. The molecule has 140 valence electrons. The molecule has 1 aromatic carbocycles. The number of rotatable bonds is 8. The summed E-state index contributed by atoms with van der Waals surface area (Å²) in [6, 6.07) is 7.10. The van der Waals surface area contributed by atoms with Gasteiger partial charge in [-0.05, 0) is 54.2 Å². The fourth-order valence-corrected chi connectivity index (χ4v) is 4.63. The van der Waals surface area contributed by atoms with Gasteiger partial charge in [-0.2, -0.15) is 0 Å². The molecule has 1 heterocycles. The van der Waals surface area contributed by atoms with Crippen LogP contribution in [-0.2, 0) is 22.5 Å². The molecule has 3 rings (SSSR count). The molecule has 2 nitrogen and oxygen atoms in total. The molecular weight excluding hydrogens is 308 g/mol. The van der Waals surface area contributed by atoms with Crippen molar-refractivity contribution in [3.8, 4) is 0 Å². The number of methoxy groups -OCH3 is 1. The summed E-state index contributed by atoms with van der Waals surface area (Å²) in [6.07, 6.45) is 15.0. The molecule has 0 aromatic heterocycles. The van der Waals surface area contributed by atoms with Gasteiger partial charge < -0.3 is 9.47 Å². The van der Waals surface area contributed by atoms with Crippen LogP contribution in [0.5, 0.6) is 0 Å². The van der Waals surface area contributed by atoms with Crippen LogP contribution >= 0.6 is 0 Å². The third-order valence-electron chi connectivity index (χ3n) is 6.34. The van der Waals surface area contributed by atoms with Crippen LogP contribution in [0, 0.1) is 5.92 Å². The summed E-state index contributed by atoms with van der Waals surface area (Å²) in [5.74, 6) is 1.75. The van der Waals surface area contributed by atoms with Crippen LogP contribution < -0.4 is 0 Å². The normalized spacial score (nSPS) is 26.4. The van der Waals surface area contributed by atoms with E-state index < -0.39 is 0 Å². The van der Waals surface area contributed by atoms with Gasteiger partial charge in [0.05, 0.1) is 6.61 Å². The lowest BCUT2D eigenvalue weighted by atomic mass is 9.76. The lowest BCUT2D eigenvalue weighted by Gasteiger charge is -2.30. The van der Waals surface area contributed by atoms with Crippen LogP contribution in [0.15, 0.2) is 18.2 Å². The van der Waals surface area contributed by atoms with E-state index in [-0.39, 0.29) is 6.29 Å². The molecule has 2 heteroatoms.